The second-order valence-corrected chi connectivity index (χ2v) is 7.10. The minimum Gasteiger partial charge on any atom is -0.395 e. The number of piperazine rings is 1. The van der Waals surface area contributed by atoms with E-state index in [4.69, 9.17) is 5.11 Å². The predicted molar refractivity (Wildman–Crippen MR) is 91.2 cm³/mol. The molecule has 1 aromatic rings. The average molecular weight is 335 g/mol. The Balaban J connectivity index is 2.19. The molecular weight excluding hydrogens is 310 g/mol. The highest BCUT2D eigenvalue weighted by molar-refractivity contribution is 5.95. The number of nitro groups is 1. The number of carbonyl (C=O) groups is 1. The standard InChI is InChI=1S/C17H25N3O4/c1-17(2,3)14-5-4-13(12-15(14)20(23)24)16(22)19-8-6-18(7-9-19)10-11-21/h4-5,12,21H,6-11H2,1-3H3. The molecule has 0 spiro atoms. The number of rotatable bonds is 4. The summed E-state index contributed by atoms with van der Waals surface area (Å²) < 4.78 is 0. The van der Waals surface area contributed by atoms with Gasteiger partial charge in [0.15, 0.2) is 0 Å². The Bertz CT molecular complexity index is 617. The van der Waals surface area contributed by atoms with Crippen LogP contribution in [0.15, 0.2) is 18.2 Å². The van der Waals surface area contributed by atoms with Gasteiger partial charge in [0, 0.05) is 49.9 Å². The number of hydrogen-bond donors (Lipinski definition) is 1. The zero-order chi connectivity index (χ0) is 17.9. The second kappa shape index (κ2) is 7.27. The first-order valence-electron chi connectivity index (χ1n) is 8.15. The lowest BCUT2D eigenvalue weighted by Crippen LogP contribution is -2.49. The Morgan fingerprint density at radius 3 is 2.38 bits per heavy atom. The summed E-state index contributed by atoms with van der Waals surface area (Å²) in [7, 11) is 0. The first kappa shape index (κ1) is 18.4. The summed E-state index contributed by atoms with van der Waals surface area (Å²) in [5.41, 5.74) is 0.606. The monoisotopic (exact) mass is 335 g/mol. The summed E-state index contributed by atoms with van der Waals surface area (Å²) >= 11 is 0. The maximum Gasteiger partial charge on any atom is 0.273 e. The van der Waals surface area contributed by atoms with Crippen LogP contribution in [0.3, 0.4) is 0 Å². The van der Waals surface area contributed by atoms with Gasteiger partial charge < -0.3 is 10.0 Å². The largest absolute Gasteiger partial charge is 0.395 e. The van der Waals surface area contributed by atoms with Crippen molar-refractivity contribution in [2.45, 2.75) is 26.2 Å². The molecule has 1 fully saturated rings. The summed E-state index contributed by atoms with van der Waals surface area (Å²) in [5, 5.41) is 20.3. The summed E-state index contributed by atoms with van der Waals surface area (Å²) in [4.78, 5) is 27.4. The number of carbonyl (C=O) groups excluding carboxylic acids is 1. The van der Waals surface area contributed by atoms with Crippen molar-refractivity contribution in [2.24, 2.45) is 0 Å². The highest BCUT2D eigenvalue weighted by Crippen LogP contribution is 2.32. The van der Waals surface area contributed by atoms with Crippen LogP contribution in [0, 0.1) is 10.1 Å². The van der Waals surface area contributed by atoms with Crippen LogP contribution in [-0.2, 0) is 5.41 Å². The van der Waals surface area contributed by atoms with Gasteiger partial charge in [0.05, 0.1) is 11.5 Å². The van der Waals surface area contributed by atoms with Crippen LogP contribution in [0.4, 0.5) is 5.69 Å². The smallest absolute Gasteiger partial charge is 0.273 e. The van der Waals surface area contributed by atoms with Gasteiger partial charge in [-0.25, -0.2) is 0 Å². The molecular formula is C17H25N3O4. The third kappa shape index (κ3) is 4.10. The molecule has 1 N–H and O–H groups in total. The van der Waals surface area contributed by atoms with Crippen LogP contribution in [0.25, 0.3) is 0 Å². The van der Waals surface area contributed by atoms with E-state index in [2.05, 4.69) is 4.90 Å². The lowest BCUT2D eigenvalue weighted by atomic mass is 9.85. The molecule has 0 saturated carbocycles. The van der Waals surface area contributed by atoms with E-state index < -0.39 is 4.92 Å². The number of aliphatic hydroxyl groups is 1. The third-order valence-corrected chi connectivity index (χ3v) is 4.33. The summed E-state index contributed by atoms with van der Waals surface area (Å²) in [5.74, 6) is -0.179. The van der Waals surface area contributed by atoms with Crippen molar-refractivity contribution >= 4 is 11.6 Å². The molecule has 1 aromatic carbocycles. The van der Waals surface area contributed by atoms with E-state index in [9.17, 15) is 14.9 Å². The second-order valence-electron chi connectivity index (χ2n) is 7.10. The van der Waals surface area contributed by atoms with Crippen molar-refractivity contribution in [3.63, 3.8) is 0 Å². The van der Waals surface area contributed by atoms with Gasteiger partial charge in [0.2, 0.25) is 0 Å². The molecule has 1 amide bonds. The molecule has 0 radical (unpaired) electrons. The zero-order valence-electron chi connectivity index (χ0n) is 14.5. The van der Waals surface area contributed by atoms with Gasteiger partial charge in [-0.1, -0.05) is 26.8 Å². The van der Waals surface area contributed by atoms with Gasteiger partial charge >= 0.3 is 0 Å². The van der Waals surface area contributed by atoms with Crippen molar-refractivity contribution in [1.29, 1.82) is 0 Å². The van der Waals surface area contributed by atoms with Crippen molar-refractivity contribution in [1.82, 2.24) is 9.80 Å². The number of amides is 1. The van der Waals surface area contributed by atoms with Crippen molar-refractivity contribution < 1.29 is 14.8 Å². The van der Waals surface area contributed by atoms with E-state index in [1.165, 1.54) is 6.07 Å². The number of nitrogens with zero attached hydrogens (tertiary/aromatic N) is 3. The molecule has 7 heteroatoms. The lowest BCUT2D eigenvalue weighted by molar-refractivity contribution is -0.386. The van der Waals surface area contributed by atoms with E-state index in [1.807, 2.05) is 20.8 Å². The van der Waals surface area contributed by atoms with Gasteiger partial charge in [-0.3, -0.25) is 19.8 Å². The number of nitro benzene ring substituents is 1. The highest BCUT2D eigenvalue weighted by Gasteiger charge is 2.28. The van der Waals surface area contributed by atoms with Gasteiger partial charge in [0.25, 0.3) is 11.6 Å². The van der Waals surface area contributed by atoms with E-state index in [0.29, 0.717) is 43.9 Å². The van der Waals surface area contributed by atoms with E-state index >= 15 is 0 Å². The van der Waals surface area contributed by atoms with Crippen LogP contribution in [-0.4, -0.2) is 65.1 Å². The first-order chi connectivity index (χ1) is 11.2. The molecule has 1 aliphatic heterocycles. The normalized spacial score (nSPS) is 16.2. The summed E-state index contributed by atoms with van der Waals surface area (Å²) in [6.07, 6.45) is 0. The van der Waals surface area contributed by atoms with Gasteiger partial charge in [0.1, 0.15) is 0 Å². The van der Waals surface area contributed by atoms with Gasteiger partial charge in [-0.2, -0.15) is 0 Å². The van der Waals surface area contributed by atoms with Crippen LogP contribution in [0.1, 0.15) is 36.7 Å². The number of benzene rings is 1. The van der Waals surface area contributed by atoms with Crippen LogP contribution in [0.2, 0.25) is 0 Å². The molecule has 2 rings (SSSR count). The zero-order valence-corrected chi connectivity index (χ0v) is 14.5. The maximum atomic E-state index is 12.6. The van der Waals surface area contributed by atoms with Crippen molar-refractivity contribution in [2.75, 3.05) is 39.3 Å². The average Bonchev–Trinajstić information content (AvgIpc) is 2.54. The maximum absolute atomic E-state index is 12.6. The molecule has 0 aromatic heterocycles. The summed E-state index contributed by atoms with van der Waals surface area (Å²) in [6, 6.07) is 4.76. The van der Waals surface area contributed by atoms with Crippen LogP contribution < -0.4 is 0 Å². The van der Waals surface area contributed by atoms with E-state index in [0.717, 1.165) is 0 Å². The molecule has 0 atom stereocenters. The minimum absolute atomic E-state index is 0.00716. The Labute approximate surface area is 142 Å². The lowest BCUT2D eigenvalue weighted by Gasteiger charge is -2.34. The fraction of sp³-hybridized carbons (Fsp3) is 0.588. The fourth-order valence-electron chi connectivity index (χ4n) is 2.95. The summed E-state index contributed by atoms with van der Waals surface area (Å²) in [6.45, 7) is 8.98. The van der Waals surface area contributed by atoms with Crippen molar-refractivity contribution in [3.05, 3.63) is 39.4 Å². The Hall–Kier alpha value is -1.99. The van der Waals surface area contributed by atoms with Crippen molar-refractivity contribution in [3.8, 4) is 0 Å². The van der Waals surface area contributed by atoms with E-state index in [1.54, 1.807) is 17.0 Å². The molecule has 24 heavy (non-hydrogen) atoms. The van der Waals surface area contributed by atoms with E-state index in [-0.39, 0.29) is 23.6 Å². The van der Waals surface area contributed by atoms with Crippen LogP contribution >= 0.6 is 0 Å². The van der Waals surface area contributed by atoms with Gasteiger partial charge in [-0.05, 0) is 11.5 Å². The first-order valence-corrected chi connectivity index (χ1v) is 8.15. The van der Waals surface area contributed by atoms with Crippen LogP contribution in [0.5, 0.6) is 0 Å². The quantitative estimate of drug-likeness (QED) is 0.668. The molecule has 1 heterocycles. The Kier molecular flexibility index (Phi) is 5.56. The number of β-amino-alcohol motifs (C(OH)–C–C–N with tert-alkyl or cyclic N) is 1. The topological polar surface area (TPSA) is 86.9 Å². The molecule has 0 unspecified atom stereocenters. The highest BCUT2D eigenvalue weighted by atomic mass is 16.6. The molecule has 132 valence electrons. The predicted octanol–water partition coefficient (Wildman–Crippen LogP) is 1.64. The SMILES string of the molecule is CC(C)(C)c1ccc(C(=O)N2CCN(CCO)CC2)cc1[N+](=O)[O-]. The molecule has 0 aliphatic carbocycles. The number of aliphatic hydroxyl groups excluding tert-OH is 1. The number of hydrogen-bond acceptors (Lipinski definition) is 5. The minimum atomic E-state index is -0.420. The Morgan fingerprint density at radius 1 is 1.25 bits per heavy atom. The van der Waals surface area contributed by atoms with Gasteiger partial charge in [-0.15, -0.1) is 0 Å². The Morgan fingerprint density at radius 2 is 1.88 bits per heavy atom. The fourth-order valence-corrected chi connectivity index (χ4v) is 2.95. The molecule has 1 saturated heterocycles. The third-order valence-electron chi connectivity index (χ3n) is 4.33. The molecule has 1 aliphatic rings. The molecule has 7 nitrogen and oxygen atoms in total. The molecule has 0 bridgehead atoms.